The molecule has 0 radical (unpaired) electrons. The van der Waals surface area contributed by atoms with E-state index in [4.69, 9.17) is 9.15 Å². The molecule has 6 aromatic rings. The van der Waals surface area contributed by atoms with Gasteiger partial charge in [-0.05, 0) is 90.8 Å². The second kappa shape index (κ2) is 9.13. The molecule has 3 nitrogen and oxygen atoms in total. The van der Waals surface area contributed by atoms with Crippen molar-refractivity contribution in [2.75, 3.05) is 4.81 Å². The molecular formula is C44H41B2NO2. The van der Waals surface area contributed by atoms with E-state index in [9.17, 15) is 0 Å². The van der Waals surface area contributed by atoms with E-state index in [1.807, 2.05) is 6.07 Å². The number of rotatable bonds is 0. The van der Waals surface area contributed by atoms with Crippen LogP contribution >= 0.6 is 0 Å². The Morgan fingerprint density at radius 2 is 1.14 bits per heavy atom. The summed E-state index contributed by atoms with van der Waals surface area (Å²) in [6.45, 7) is 20.9. The molecule has 0 bridgehead atoms. The first kappa shape index (κ1) is 29.3. The summed E-state index contributed by atoms with van der Waals surface area (Å²) in [5.74, 6) is 1.78. The average molecular weight is 637 g/mol. The smallest absolute Gasteiger partial charge is 0.329 e. The van der Waals surface area contributed by atoms with E-state index in [0.717, 1.165) is 28.1 Å². The lowest BCUT2D eigenvalue weighted by Gasteiger charge is -2.50. The fourth-order valence-electron chi connectivity index (χ4n) is 8.91. The molecule has 5 aromatic carbocycles. The van der Waals surface area contributed by atoms with Crippen LogP contribution in [0.3, 0.4) is 0 Å². The molecule has 4 aliphatic rings. The molecular weight excluding hydrogens is 596 g/mol. The first-order valence-corrected chi connectivity index (χ1v) is 17.8. The van der Waals surface area contributed by atoms with E-state index in [1.165, 1.54) is 72.2 Å². The Kier molecular flexibility index (Phi) is 5.46. The molecule has 5 heterocycles. The summed E-state index contributed by atoms with van der Waals surface area (Å²) < 4.78 is 13.7. The quantitative estimate of drug-likeness (QED) is 0.157. The molecule has 0 N–H and O–H groups in total. The maximum absolute atomic E-state index is 6.91. The Morgan fingerprint density at radius 3 is 1.80 bits per heavy atom. The lowest BCUT2D eigenvalue weighted by molar-refractivity contribution is 0.482. The van der Waals surface area contributed by atoms with Gasteiger partial charge in [0.15, 0.2) is 5.75 Å². The van der Waals surface area contributed by atoms with E-state index in [0.29, 0.717) is 0 Å². The molecule has 0 unspecified atom stereocenters. The molecule has 0 amide bonds. The molecule has 0 spiro atoms. The second-order valence-corrected chi connectivity index (χ2v) is 17.8. The van der Waals surface area contributed by atoms with Crippen LogP contribution in [0, 0.1) is 0 Å². The number of fused-ring (bicyclic) bond motifs is 11. The summed E-state index contributed by atoms with van der Waals surface area (Å²) in [4.78, 5) is 2.70. The molecule has 5 heteroatoms. The average Bonchev–Trinajstić information content (AvgIpc) is 3.42. The first-order valence-electron chi connectivity index (χ1n) is 17.8. The molecule has 10 rings (SSSR count). The van der Waals surface area contributed by atoms with Gasteiger partial charge in [0.2, 0.25) is 0 Å². The zero-order valence-electron chi connectivity index (χ0n) is 30.0. The van der Waals surface area contributed by atoms with E-state index in [2.05, 4.69) is 146 Å². The number of hydrogen-bond acceptors (Lipinski definition) is 3. The van der Waals surface area contributed by atoms with Gasteiger partial charge in [-0.3, -0.25) is 0 Å². The normalized spacial score (nSPS) is 15.1. The van der Waals surface area contributed by atoms with Crippen LogP contribution in [0.2, 0.25) is 0 Å². The van der Waals surface area contributed by atoms with E-state index < -0.39 is 0 Å². The highest BCUT2D eigenvalue weighted by Gasteiger charge is 2.53. The minimum Gasteiger partial charge on any atom is -0.466 e. The van der Waals surface area contributed by atoms with Crippen LogP contribution in [0.5, 0.6) is 11.5 Å². The van der Waals surface area contributed by atoms with Crippen molar-refractivity contribution in [3.63, 3.8) is 0 Å². The number of ether oxygens (including phenoxy) is 1. The highest BCUT2D eigenvalue weighted by atomic mass is 16.5. The number of anilines is 2. The summed E-state index contributed by atoms with van der Waals surface area (Å²) in [5.41, 5.74) is 18.9. The summed E-state index contributed by atoms with van der Waals surface area (Å²) in [5, 5.41) is 1.03. The first-order chi connectivity index (χ1) is 23.2. The minimum absolute atomic E-state index is 0.0219. The number of hydrogen-bond donors (Lipinski definition) is 0. The molecule has 240 valence electrons. The third-order valence-corrected chi connectivity index (χ3v) is 11.6. The van der Waals surface area contributed by atoms with E-state index in [-0.39, 0.29) is 29.8 Å². The standard InChI is InChI=1S/C44H41B2NO2/c1-42(2,3)24-14-16-27-29-18-19-36-37-39(29)47-38-31(28-17-15-25(43(4,5)6)22-33(28)46(47)32(27)21-24)20-26(44(7,8)9)23-34(38)45(37)41-40(48-36)30-12-10-11-13-35(30)49-41/h10-23H,1-9H3. The van der Waals surface area contributed by atoms with Gasteiger partial charge in [0.05, 0.1) is 5.39 Å². The summed E-state index contributed by atoms with van der Waals surface area (Å²) >= 11 is 0. The summed E-state index contributed by atoms with van der Waals surface area (Å²) in [6, 6.07) is 32.3. The van der Waals surface area contributed by atoms with Crippen molar-refractivity contribution in [2.45, 2.75) is 78.6 Å². The molecule has 0 saturated heterocycles. The maximum atomic E-state index is 6.91. The maximum Gasteiger partial charge on any atom is 0.329 e. The van der Waals surface area contributed by atoms with Crippen molar-refractivity contribution in [1.82, 2.24) is 0 Å². The zero-order valence-corrected chi connectivity index (χ0v) is 30.0. The molecule has 0 saturated carbocycles. The lowest BCUT2D eigenvalue weighted by atomic mass is 9.32. The van der Waals surface area contributed by atoms with Crippen molar-refractivity contribution in [2.24, 2.45) is 0 Å². The Balaban J connectivity index is 1.39. The van der Waals surface area contributed by atoms with Gasteiger partial charge in [0.1, 0.15) is 17.0 Å². The molecule has 4 aliphatic heterocycles. The Labute approximate surface area is 290 Å². The third kappa shape index (κ3) is 3.82. The van der Waals surface area contributed by atoms with Gasteiger partial charge in [-0.15, -0.1) is 0 Å². The topological polar surface area (TPSA) is 25.6 Å². The number of para-hydroxylation sites is 1. The highest BCUT2D eigenvalue weighted by molar-refractivity contribution is 7.02. The van der Waals surface area contributed by atoms with E-state index >= 15 is 0 Å². The number of benzene rings is 5. The molecule has 49 heavy (non-hydrogen) atoms. The van der Waals surface area contributed by atoms with Crippen molar-refractivity contribution < 1.29 is 9.15 Å². The fourth-order valence-corrected chi connectivity index (χ4v) is 8.91. The van der Waals surface area contributed by atoms with Gasteiger partial charge < -0.3 is 14.0 Å². The molecule has 0 aliphatic carbocycles. The summed E-state index contributed by atoms with van der Waals surface area (Å²) in [7, 11) is 0. The van der Waals surface area contributed by atoms with Gasteiger partial charge in [-0.1, -0.05) is 117 Å². The molecule has 1 aromatic heterocycles. The van der Waals surface area contributed by atoms with Crippen molar-refractivity contribution in [1.29, 1.82) is 0 Å². The van der Waals surface area contributed by atoms with Crippen LogP contribution in [0.25, 0.3) is 33.2 Å². The molecule has 0 atom stereocenters. The zero-order chi connectivity index (χ0) is 33.9. The predicted octanol–water partition coefficient (Wildman–Crippen LogP) is 8.17. The lowest BCUT2D eigenvalue weighted by Crippen LogP contribution is -2.68. The fraction of sp³-hybridized carbons (Fsp3) is 0.273. The SMILES string of the molecule is CC(C)(C)c1ccc2c(c1)B1c3cc(C(C)(C)C)ccc3-c3ccc4c5c3N1c1c(cc(C(C)(C)C)cc1-2)B5c1oc2ccccc2c1O4. The van der Waals surface area contributed by atoms with Gasteiger partial charge in [0.25, 0.3) is 0 Å². The third-order valence-electron chi connectivity index (χ3n) is 11.6. The predicted molar refractivity (Wildman–Crippen MR) is 208 cm³/mol. The second-order valence-electron chi connectivity index (χ2n) is 17.8. The van der Waals surface area contributed by atoms with Crippen LogP contribution in [0.15, 0.2) is 89.3 Å². The van der Waals surface area contributed by atoms with E-state index in [1.54, 1.807) is 0 Å². The monoisotopic (exact) mass is 637 g/mol. The van der Waals surface area contributed by atoms with Crippen molar-refractivity contribution in [3.8, 4) is 33.8 Å². The van der Waals surface area contributed by atoms with Crippen LogP contribution in [0.1, 0.15) is 79.0 Å². The Morgan fingerprint density at radius 1 is 0.551 bits per heavy atom. The van der Waals surface area contributed by atoms with Gasteiger partial charge in [0, 0.05) is 28.0 Å². The number of nitrogens with zero attached hydrogens (tertiary/aromatic N) is 1. The Hall–Kier alpha value is -4.63. The Bertz CT molecular complexity index is 2450. The van der Waals surface area contributed by atoms with Gasteiger partial charge in [-0.2, -0.15) is 0 Å². The van der Waals surface area contributed by atoms with Crippen molar-refractivity contribution in [3.05, 3.63) is 102 Å². The largest absolute Gasteiger partial charge is 0.466 e. The van der Waals surface area contributed by atoms with Crippen LogP contribution in [0.4, 0.5) is 11.4 Å². The van der Waals surface area contributed by atoms with Crippen LogP contribution in [-0.2, 0) is 16.2 Å². The van der Waals surface area contributed by atoms with Gasteiger partial charge in [-0.25, -0.2) is 0 Å². The highest BCUT2D eigenvalue weighted by Crippen LogP contribution is 2.51. The van der Waals surface area contributed by atoms with Crippen molar-refractivity contribution >= 4 is 63.4 Å². The van der Waals surface area contributed by atoms with Crippen LogP contribution < -0.4 is 37.1 Å². The minimum atomic E-state index is -0.0835. The summed E-state index contributed by atoms with van der Waals surface area (Å²) in [6.07, 6.45) is 0. The van der Waals surface area contributed by atoms with Crippen LogP contribution in [-0.4, -0.2) is 13.6 Å². The van der Waals surface area contributed by atoms with Gasteiger partial charge >= 0.3 is 13.6 Å². The molecule has 0 fully saturated rings. The number of furan rings is 1.